The van der Waals surface area contributed by atoms with Crippen molar-refractivity contribution >= 4 is 17.7 Å². The van der Waals surface area contributed by atoms with E-state index in [1.165, 1.54) is 0 Å². The molecule has 1 fully saturated rings. The second-order valence-corrected chi connectivity index (χ2v) is 5.93. The summed E-state index contributed by atoms with van der Waals surface area (Å²) in [5, 5.41) is 5.98. The van der Waals surface area contributed by atoms with Crippen LogP contribution in [0.25, 0.3) is 0 Å². The zero-order chi connectivity index (χ0) is 15.5. The summed E-state index contributed by atoms with van der Waals surface area (Å²) in [6, 6.07) is 1.98. The molecule has 0 bridgehead atoms. The highest BCUT2D eigenvalue weighted by Gasteiger charge is 2.40. The Kier molecular flexibility index (Phi) is 4.65. The van der Waals surface area contributed by atoms with Crippen LogP contribution in [0.1, 0.15) is 32.4 Å². The van der Waals surface area contributed by atoms with Gasteiger partial charge in [0.1, 0.15) is 5.82 Å². The number of nitrogens with one attached hydrogen (secondary N) is 2. The smallest absolute Gasteiger partial charge is 0.227 e. The van der Waals surface area contributed by atoms with Crippen molar-refractivity contribution in [3.63, 3.8) is 0 Å². The Morgan fingerprint density at radius 2 is 2.24 bits per heavy atom. The number of rotatable bonds is 5. The van der Waals surface area contributed by atoms with E-state index in [1.54, 1.807) is 7.05 Å². The van der Waals surface area contributed by atoms with Crippen LogP contribution in [0.2, 0.25) is 0 Å². The molecule has 1 aromatic heterocycles. The third-order valence-corrected chi connectivity index (χ3v) is 3.95. The van der Waals surface area contributed by atoms with E-state index in [2.05, 4.69) is 32.4 Å². The number of aromatic nitrogens is 2. The average molecular weight is 291 g/mol. The summed E-state index contributed by atoms with van der Waals surface area (Å²) < 4.78 is 0. The fraction of sp³-hybridized carbons (Fsp3) is 0.667. The largest absolute Gasteiger partial charge is 0.359 e. The Labute approximate surface area is 126 Å². The van der Waals surface area contributed by atoms with Gasteiger partial charge >= 0.3 is 0 Å². The van der Waals surface area contributed by atoms with Crippen LogP contribution in [0.3, 0.4) is 0 Å². The minimum absolute atomic E-state index is 0.0973. The van der Waals surface area contributed by atoms with Gasteiger partial charge in [-0.25, -0.2) is 4.98 Å². The fourth-order valence-electron chi connectivity index (χ4n) is 2.67. The molecule has 2 heterocycles. The molecule has 0 aliphatic carbocycles. The monoisotopic (exact) mass is 291 g/mol. The molecule has 1 aliphatic rings. The van der Waals surface area contributed by atoms with Gasteiger partial charge in [0.25, 0.3) is 0 Å². The lowest BCUT2D eigenvalue weighted by Gasteiger charge is -2.23. The zero-order valence-electron chi connectivity index (χ0n) is 13.4. The van der Waals surface area contributed by atoms with Crippen molar-refractivity contribution in [3.8, 4) is 0 Å². The number of hydrogen-bond donors (Lipinski definition) is 2. The Balaban J connectivity index is 2.16. The maximum Gasteiger partial charge on any atom is 0.227 e. The van der Waals surface area contributed by atoms with Gasteiger partial charge < -0.3 is 15.5 Å². The van der Waals surface area contributed by atoms with E-state index >= 15 is 0 Å². The molecule has 2 N–H and O–H groups in total. The predicted octanol–water partition coefficient (Wildman–Crippen LogP) is 1.57. The van der Waals surface area contributed by atoms with Crippen LogP contribution in [0.5, 0.6) is 0 Å². The fourth-order valence-corrected chi connectivity index (χ4v) is 2.67. The van der Waals surface area contributed by atoms with E-state index < -0.39 is 0 Å². The second-order valence-electron chi connectivity index (χ2n) is 5.93. The predicted molar refractivity (Wildman–Crippen MR) is 84.6 cm³/mol. The van der Waals surface area contributed by atoms with Crippen molar-refractivity contribution in [1.82, 2.24) is 15.3 Å². The molecule has 1 unspecified atom stereocenters. The van der Waals surface area contributed by atoms with Gasteiger partial charge in [-0.1, -0.05) is 6.92 Å². The van der Waals surface area contributed by atoms with Crippen LogP contribution in [0.15, 0.2) is 6.07 Å². The van der Waals surface area contributed by atoms with Gasteiger partial charge in [-0.2, -0.15) is 4.98 Å². The summed E-state index contributed by atoms with van der Waals surface area (Å²) >= 11 is 0. The number of amides is 1. The number of aryl methyl sites for hydroxylation is 1. The maximum absolute atomic E-state index is 12.0. The quantitative estimate of drug-likeness (QED) is 0.862. The van der Waals surface area contributed by atoms with Gasteiger partial charge in [0.05, 0.1) is 5.41 Å². The lowest BCUT2D eigenvalue weighted by Crippen LogP contribution is -2.39. The van der Waals surface area contributed by atoms with Crippen molar-refractivity contribution in [2.45, 2.75) is 33.6 Å². The molecule has 116 valence electrons. The molecule has 1 atom stereocenters. The molecular weight excluding hydrogens is 266 g/mol. The Morgan fingerprint density at radius 1 is 1.48 bits per heavy atom. The lowest BCUT2D eigenvalue weighted by atomic mass is 9.89. The zero-order valence-corrected chi connectivity index (χ0v) is 13.4. The topological polar surface area (TPSA) is 70.2 Å². The molecule has 0 spiro atoms. The van der Waals surface area contributed by atoms with E-state index in [1.807, 2.05) is 19.9 Å². The first-order valence-electron chi connectivity index (χ1n) is 7.55. The van der Waals surface area contributed by atoms with E-state index in [9.17, 15) is 4.79 Å². The van der Waals surface area contributed by atoms with Crippen molar-refractivity contribution in [3.05, 3.63) is 11.8 Å². The van der Waals surface area contributed by atoms with Gasteiger partial charge in [0.2, 0.25) is 11.9 Å². The molecule has 21 heavy (non-hydrogen) atoms. The Bertz CT molecular complexity index is 519. The molecule has 1 aromatic rings. The summed E-state index contributed by atoms with van der Waals surface area (Å²) in [6.45, 7) is 8.48. The first-order chi connectivity index (χ1) is 9.98. The molecule has 1 aliphatic heterocycles. The van der Waals surface area contributed by atoms with Crippen LogP contribution in [0, 0.1) is 12.3 Å². The van der Waals surface area contributed by atoms with Crippen molar-refractivity contribution < 1.29 is 4.79 Å². The van der Waals surface area contributed by atoms with Crippen molar-refractivity contribution in [1.29, 1.82) is 0 Å². The molecule has 0 saturated carbocycles. The van der Waals surface area contributed by atoms with E-state index in [-0.39, 0.29) is 11.3 Å². The molecular formula is C15H25N5O. The van der Waals surface area contributed by atoms with Gasteiger partial charge in [0.15, 0.2) is 0 Å². The van der Waals surface area contributed by atoms with Crippen LogP contribution < -0.4 is 15.5 Å². The SMILES string of the molecule is CCCNc1nc(C)cc(N2CCC(C)(C(=O)NC)C2)n1. The highest BCUT2D eigenvalue weighted by atomic mass is 16.2. The summed E-state index contributed by atoms with van der Waals surface area (Å²) in [5.41, 5.74) is 0.595. The van der Waals surface area contributed by atoms with Crippen molar-refractivity contribution in [2.75, 3.05) is 36.9 Å². The van der Waals surface area contributed by atoms with Gasteiger partial charge in [-0.3, -0.25) is 4.79 Å². The number of hydrogen-bond acceptors (Lipinski definition) is 5. The molecule has 1 amide bonds. The molecule has 0 radical (unpaired) electrons. The Hall–Kier alpha value is -1.85. The third kappa shape index (κ3) is 3.43. The highest BCUT2D eigenvalue weighted by Crippen LogP contribution is 2.33. The van der Waals surface area contributed by atoms with Crippen LogP contribution in [0.4, 0.5) is 11.8 Å². The van der Waals surface area contributed by atoms with Crippen LogP contribution in [-0.4, -0.2) is 42.6 Å². The van der Waals surface area contributed by atoms with E-state index in [4.69, 9.17) is 0 Å². The second kappa shape index (κ2) is 6.28. The molecule has 6 heteroatoms. The third-order valence-electron chi connectivity index (χ3n) is 3.95. The Morgan fingerprint density at radius 3 is 2.90 bits per heavy atom. The summed E-state index contributed by atoms with van der Waals surface area (Å²) in [6.07, 6.45) is 1.87. The summed E-state index contributed by atoms with van der Waals surface area (Å²) in [7, 11) is 1.69. The highest BCUT2D eigenvalue weighted by molar-refractivity contribution is 5.83. The molecule has 0 aromatic carbocycles. The van der Waals surface area contributed by atoms with Crippen LogP contribution >= 0.6 is 0 Å². The van der Waals surface area contributed by atoms with E-state index in [0.717, 1.165) is 37.4 Å². The van der Waals surface area contributed by atoms with Crippen LogP contribution in [-0.2, 0) is 4.79 Å². The first kappa shape index (κ1) is 15.5. The molecule has 1 saturated heterocycles. The number of nitrogens with zero attached hydrogens (tertiary/aromatic N) is 3. The normalized spacial score (nSPS) is 21.4. The minimum atomic E-state index is -0.343. The number of carbonyl (C=O) groups is 1. The molecule has 6 nitrogen and oxygen atoms in total. The van der Waals surface area contributed by atoms with E-state index in [0.29, 0.717) is 12.5 Å². The molecule has 2 rings (SSSR count). The number of anilines is 2. The average Bonchev–Trinajstić information content (AvgIpc) is 2.87. The number of carbonyl (C=O) groups excluding carboxylic acids is 1. The summed E-state index contributed by atoms with van der Waals surface area (Å²) in [4.78, 5) is 23.2. The minimum Gasteiger partial charge on any atom is -0.359 e. The lowest BCUT2D eigenvalue weighted by molar-refractivity contribution is -0.128. The maximum atomic E-state index is 12.0. The van der Waals surface area contributed by atoms with Crippen molar-refractivity contribution in [2.24, 2.45) is 5.41 Å². The van der Waals surface area contributed by atoms with Gasteiger partial charge in [-0.05, 0) is 26.7 Å². The summed E-state index contributed by atoms with van der Waals surface area (Å²) in [5.74, 6) is 1.66. The van der Waals surface area contributed by atoms with Gasteiger partial charge in [0, 0.05) is 38.4 Å². The standard InChI is InChI=1S/C15H25N5O/c1-5-7-17-14-18-11(2)9-12(19-14)20-8-6-15(3,10-20)13(21)16-4/h9H,5-8,10H2,1-4H3,(H,16,21)(H,17,18,19). The first-order valence-corrected chi connectivity index (χ1v) is 7.55. The van der Waals surface area contributed by atoms with Gasteiger partial charge in [-0.15, -0.1) is 0 Å².